The van der Waals surface area contributed by atoms with E-state index in [1.807, 2.05) is 0 Å². The number of rotatable bonds is 1. The van der Waals surface area contributed by atoms with Gasteiger partial charge in [0.05, 0.1) is 0 Å². The third-order valence-electron chi connectivity index (χ3n) is 2.21. The molecule has 0 atom stereocenters. The van der Waals surface area contributed by atoms with Crippen molar-refractivity contribution in [3.05, 3.63) is 33.3 Å². The quantitative estimate of drug-likeness (QED) is 0.865. The topological polar surface area (TPSA) is 49.4 Å². The van der Waals surface area contributed by atoms with Crippen LogP contribution in [0.2, 0.25) is 5.02 Å². The molecule has 0 radical (unpaired) electrons. The fourth-order valence-electron chi connectivity index (χ4n) is 1.50. The Bertz CT molecular complexity index is 444. The van der Waals surface area contributed by atoms with Gasteiger partial charge < -0.3 is 5.32 Å². The molecule has 1 aromatic carbocycles. The summed E-state index contributed by atoms with van der Waals surface area (Å²) in [4.78, 5) is 24.4. The second-order valence-corrected chi connectivity index (χ2v) is 4.70. The molecule has 0 spiro atoms. The van der Waals surface area contributed by atoms with E-state index in [4.69, 9.17) is 11.6 Å². The number of halogens is 2. The predicted molar refractivity (Wildman–Crippen MR) is 63.6 cm³/mol. The zero-order valence-corrected chi connectivity index (χ0v) is 10.5. The SMILES string of the molecule is O=C1NCCN1C(=O)c1cc(Cl)cc(Br)c1. The van der Waals surface area contributed by atoms with Crippen LogP contribution in [0.4, 0.5) is 4.79 Å². The standard InChI is InChI=1S/C10H8BrClN2O2/c11-7-3-6(4-8(12)5-7)9(15)14-2-1-13-10(14)16/h3-5H,1-2H2,(H,13,16). The van der Waals surface area contributed by atoms with E-state index in [-0.39, 0.29) is 11.9 Å². The van der Waals surface area contributed by atoms with Gasteiger partial charge in [-0.1, -0.05) is 27.5 Å². The van der Waals surface area contributed by atoms with Gasteiger partial charge in [-0.3, -0.25) is 9.69 Å². The summed E-state index contributed by atoms with van der Waals surface area (Å²) in [6, 6.07) is 4.50. The minimum Gasteiger partial charge on any atom is -0.336 e. The Kier molecular flexibility index (Phi) is 3.16. The molecule has 4 nitrogen and oxygen atoms in total. The molecule has 1 aromatic rings. The second-order valence-electron chi connectivity index (χ2n) is 3.35. The first-order valence-electron chi connectivity index (χ1n) is 4.64. The van der Waals surface area contributed by atoms with E-state index in [0.717, 1.165) is 4.90 Å². The molecule has 1 N–H and O–H groups in total. The van der Waals surface area contributed by atoms with Gasteiger partial charge in [0, 0.05) is 28.1 Å². The van der Waals surface area contributed by atoms with Crippen LogP contribution in [0, 0.1) is 0 Å². The van der Waals surface area contributed by atoms with Crippen LogP contribution in [0.3, 0.4) is 0 Å². The number of carbonyl (C=O) groups is 2. The maximum Gasteiger partial charge on any atom is 0.324 e. The summed E-state index contributed by atoms with van der Waals surface area (Å²) in [6.07, 6.45) is 0. The second kappa shape index (κ2) is 4.43. The molecule has 1 aliphatic rings. The highest BCUT2D eigenvalue weighted by Crippen LogP contribution is 2.21. The first-order chi connectivity index (χ1) is 7.58. The van der Waals surface area contributed by atoms with Gasteiger partial charge in [0.2, 0.25) is 0 Å². The molecule has 1 fully saturated rings. The summed E-state index contributed by atoms with van der Waals surface area (Å²) in [5.41, 5.74) is 0.399. The van der Waals surface area contributed by atoms with E-state index in [1.165, 1.54) is 0 Å². The molecule has 1 heterocycles. The minimum atomic E-state index is -0.360. The molecule has 0 aromatic heterocycles. The number of imide groups is 1. The lowest BCUT2D eigenvalue weighted by molar-refractivity contribution is 0.0829. The average Bonchev–Trinajstić information content (AvgIpc) is 2.62. The molecule has 0 bridgehead atoms. The lowest BCUT2D eigenvalue weighted by Gasteiger charge is -2.12. The first kappa shape index (κ1) is 11.4. The Morgan fingerprint density at radius 1 is 1.44 bits per heavy atom. The molecular formula is C10H8BrClN2O2. The van der Waals surface area contributed by atoms with Crippen LogP contribution in [0.25, 0.3) is 0 Å². The van der Waals surface area contributed by atoms with Gasteiger partial charge in [0.15, 0.2) is 0 Å². The lowest BCUT2D eigenvalue weighted by atomic mass is 10.2. The summed E-state index contributed by atoms with van der Waals surface area (Å²) in [5.74, 6) is -0.335. The van der Waals surface area contributed by atoms with Crippen molar-refractivity contribution in [1.82, 2.24) is 10.2 Å². The van der Waals surface area contributed by atoms with Crippen molar-refractivity contribution in [1.29, 1.82) is 0 Å². The number of urea groups is 1. The van der Waals surface area contributed by atoms with Crippen LogP contribution in [-0.2, 0) is 0 Å². The van der Waals surface area contributed by atoms with Crippen LogP contribution in [0.5, 0.6) is 0 Å². The van der Waals surface area contributed by atoms with Crippen molar-refractivity contribution >= 4 is 39.5 Å². The molecule has 0 aliphatic carbocycles. The molecular weight excluding hydrogens is 295 g/mol. The van der Waals surface area contributed by atoms with E-state index in [9.17, 15) is 9.59 Å². The van der Waals surface area contributed by atoms with Gasteiger partial charge in [0.1, 0.15) is 0 Å². The maximum absolute atomic E-state index is 11.9. The largest absolute Gasteiger partial charge is 0.336 e. The number of benzene rings is 1. The van der Waals surface area contributed by atoms with Gasteiger partial charge in [-0.2, -0.15) is 0 Å². The molecule has 1 saturated heterocycles. The van der Waals surface area contributed by atoms with E-state index < -0.39 is 0 Å². The Balaban J connectivity index is 2.30. The monoisotopic (exact) mass is 302 g/mol. The predicted octanol–water partition coefficient (Wildman–Crippen LogP) is 2.27. The van der Waals surface area contributed by atoms with Crippen LogP contribution in [0.1, 0.15) is 10.4 Å². The van der Waals surface area contributed by atoms with Gasteiger partial charge in [-0.05, 0) is 18.2 Å². The number of carbonyl (C=O) groups excluding carboxylic acids is 2. The van der Waals surface area contributed by atoms with E-state index in [2.05, 4.69) is 21.2 Å². The van der Waals surface area contributed by atoms with Gasteiger partial charge in [-0.15, -0.1) is 0 Å². The number of nitrogens with one attached hydrogen (secondary N) is 1. The minimum absolute atomic E-state index is 0.335. The van der Waals surface area contributed by atoms with E-state index in [0.29, 0.717) is 28.1 Å². The molecule has 2 rings (SSSR count). The van der Waals surface area contributed by atoms with E-state index >= 15 is 0 Å². The van der Waals surface area contributed by atoms with Crippen molar-refractivity contribution in [3.63, 3.8) is 0 Å². The van der Waals surface area contributed by atoms with Crippen LogP contribution in [-0.4, -0.2) is 29.9 Å². The Labute approximate surface area is 106 Å². The van der Waals surface area contributed by atoms with Crippen LogP contribution < -0.4 is 5.32 Å². The number of nitrogens with zero attached hydrogens (tertiary/aromatic N) is 1. The maximum atomic E-state index is 11.9. The zero-order valence-electron chi connectivity index (χ0n) is 8.17. The highest BCUT2D eigenvalue weighted by molar-refractivity contribution is 9.10. The molecule has 6 heteroatoms. The first-order valence-corrected chi connectivity index (χ1v) is 5.81. The summed E-state index contributed by atoms with van der Waals surface area (Å²) in [6.45, 7) is 0.883. The molecule has 1 aliphatic heterocycles. The number of hydrogen-bond donors (Lipinski definition) is 1. The van der Waals surface area contributed by atoms with Crippen molar-refractivity contribution in [2.45, 2.75) is 0 Å². The number of hydrogen-bond acceptors (Lipinski definition) is 2. The lowest BCUT2D eigenvalue weighted by Crippen LogP contribution is -2.34. The highest BCUT2D eigenvalue weighted by Gasteiger charge is 2.27. The molecule has 3 amide bonds. The average molecular weight is 304 g/mol. The Morgan fingerprint density at radius 3 is 2.75 bits per heavy atom. The van der Waals surface area contributed by atoms with Crippen molar-refractivity contribution in [2.75, 3.05) is 13.1 Å². The fraction of sp³-hybridized carbons (Fsp3) is 0.200. The molecule has 0 saturated carbocycles. The van der Waals surface area contributed by atoms with E-state index in [1.54, 1.807) is 18.2 Å². The normalized spacial score (nSPS) is 15.1. The zero-order chi connectivity index (χ0) is 11.7. The summed E-state index contributed by atoms with van der Waals surface area (Å²) in [7, 11) is 0. The molecule has 84 valence electrons. The smallest absolute Gasteiger partial charge is 0.324 e. The van der Waals surface area contributed by atoms with Crippen LogP contribution in [0.15, 0.2) is 22.7 Å². The van der Waals surface area contributed by atoms with Crippen molar-refractivity contribution < 1.29 is 9.59 Å². The third kappa shape index (κ3) is 2.20. The summed E-state index contributed by atoms with van der Waals surface area (Å²) < 4.78 is 0.711. The molecule has 16 heavy (non-hydrogen) atoms. The summed E-state index contributed by atoms with van der Waals surface area (Å²) in [5, 5.41) is 3.03. The van der Waals surface area contributed by atoms with Gasteiger partial charge >= 0.3 is 6.03 Å². The highest BCUT2D eigenvalue weighted by atomic mass is 79.9. The molecule has 0 unspecified atom stereocenters. The fourth-order valence-corrected chi connectivity index (χ4v) is 2.36. The Morgan fingerprint density at radius 2 is 2.19 bits per heavy atom. The van der Waals surface area contributed by atoms with Crippen LogP contribution >= 0.6 is 27.5 Å². The van der Waals surface area contributed by atoms with Crippen molar-refractivity contribution in [3.8, 4) is 0 Å². The number of amides is 3. The summed E-state index contributed by atoms with van der Waals surface area (Å²) >= 11 is 9.09. The third-order valence-corrected chi connectivity index (χ3v) is 2.89. The van der Waals surface area contributed by atoms with Gasteiger partial charge in [-0.25, -0.2) is 4.79 Å². The van der Waals surface area contributed by atoms with Crippen molar-refractivity contribution in [2.24, 2.45) is 0 Å². The van der Waals surface area contributed by atoms with Gasteiger partial charge in [0.25, 0.3) is 5.91 Å². The Hall–Kier alpha value is -1.07.